The van der Waals surface area contributed by atoms with Crippen LogP contribution >= 0.6 is 0 Å². The molecule has 0 spiro atoms. The molecule has 21 heavy (non-hydrogen) atoms. The van der Waals surface area contributed by atoms with Gasteiger partial charge in [0.2, 0.25) is 11.4 Å². The summed E-state index contributed by atoms with van der Waals surface area (Å²) in [5, 5.41) is 9.64. The van der Waals surface area contributed by atoms with Crippen molar-refractivity contribution in [2.75, 3.05) is 6.61 Å². The van der Waals surface area contributed by atoms with E-state index in [0.29, 0.717) is 0 Å². The topological polar surface area (TPSA) is 83.9 Å². The SMILES string of the molecule is CCOC(=O)[C@]1(C(=O)O)Cc2ccccc2CN1C(C)=O. The lowest BCUT2D eigenvalue weighted by Crippen LogP contribution is -2.65. The van der Waals surface area contributed by atoms with Crippen LogP contribution in [0.1, 0.15) is 25.0 Å². The Morgan fingerprint density at radius 3 is 2.43 bits per heavy atom. The molecule has 0 aromatic heterocycles. The van der Waals surface area contributed by atoms with Gasteiger partial charge in [0.25, 0.3) is 0 Å². The molecule has 2 rings (SSSR count). The van der Waals surface area contributed by atoms with Gasteiger partial charge in [-0.2, -0.15) is 0 Å². The van der Waals surface area contributed by atoms with Gasteiger partial charge in [-0.1, -0.05) is 24.3 Å². The minimum Gasteiger partial charge on any atom is -0.479 e. The van der Waals surface area contributed by atoms with Gasteiger partial charge in [-0.05, 0) is 18.1 Å². The molecular weight excluding hydrogens is 274 g/mol. The molecule has 1 aliphatic rings. The zero-order valence-corrected chi connectivity index (χ0v) is 12.0. The van der Waals surface area contributed by atoms with Gasteiger partial charge < -0.3 is 14.7 Å². The van der Waals surface area contributed by atoms with Gasteiger partial charge in [0, 0.05) is 19.9 Å². The van der Waals surface area contributed by atoms with Crippen LogP contribution in [0.2, 0.25) is 0 Å². The molecule has 0 radical (unpaired) electrons. The zero-order valence-electron chi connectivity index (χ0n) is 12.0. The van der Waals surface area contributed by atoms with Crippen LogP contribution in [-0.2, 0) is 32.1 Å². The van der Waals surface area contributed by atoms with Gasteiger partial charge in [-0.25, -0.2) is 9.59 Å². The van der Waals surface area contributed by atoms with E-state index < -0.39 is 23.4 Å². The molecule has 112 valence electrons. The van der Waals surface area contributed by atoms with E-state index in [1.165, 1.54) is 6.92 Å². The molecule has 1 aromatic rings. The fourth-order valence-corrected chi connectivity index (χ4v) is 2.65. The molecule has 1 atom stereocenters. The lowest BCUT2D eigenvalue weighted by molar-refractivity contribution is -0.177. The van der Waals surface area contributed by atoms with Gasteiger partial charge in [-0.15, -0.1) is 0 Å². The molecular formula is C15H17NO5. The Bertz CT molecular complexity index is 597. The van der Waals surface area contributed by atoms with E-state index in [-0.39, 0.29) is 19.6 Å². The van der Waals surface area contributed by atoms with Crippen LogP contribution < -0.4 is 0 Å². The summed E-state index contributed by atoms with van der Waals surface area (Å²) in [5.41, 5.74) is -0.407. The van der Waals surface area contributed by atoms with Crippen LogP contribution in [0, 0.1) is 0 Å². The first-order valence-corrected chi connectivity index (χ1v) is 6.69. The molecule has 6 nitrogen and oxygen atoms in total. The molecule has 0 bridgehead atoms. The maximum Gasteiger partial charge on any atom is 0.344 e. The summed E-state index contributed by atoms with van der Waals surface area (Å²) in [5.74, 6) is -2.74. The summed E-state index contributed by atoms with van der Waals surface area (Å²) in [6, 6.07) is 7.18. The van der Waals surface area contributed by atoms with Gasteiger partial charge in [-0.3, -0.25) is 4.79 Å². The number of fused-ring (bicyclic) bond motifs is 1. The third-order valence-corrected chi connectivity index (χ3v) is 3.70. The van der Waals surface area contributed by atoms with Crippen molar-refractivity contribution >= 4 is 17.8 Å². The quantitative estimate of drug-likeness (QED) is 0.663. The Hall–Kier alpha value is -2.37. The molecule has 0 saturated heterocycles. The minimum absolute atomic E-state index is 0.0568. The van der Waals surface area contributed by atoms with E-state index in [4.69, 9.17) is 4.74 Å². The number of carboxylic acids is 1. The maximum absolute atomic E-state index is 12.3. The van der Waals surface area contributed by atoms with Crippen molar-refractivity contribution in [1.29, 1.82) is 0 Å². The first kappa shape index (κ1) is 15.0. The highest BCUT2D eigenvalue weighted by atomic mass is 16.5. The summed E-state index contributed by atoms with van der Waals surface area (Å²) < 4.78 is 4.93. The number of amides is 1. The smallest absolute Gasteiger partial charge is 0.344 e. The van der Waals surface area contributed by atoms with Gasteiger partial charge in [0.05, 0.1) is 6.61 Å². The lowest BCUT2D eigenvalue weighted by atomic mass is 9.82. The molecule has 1 aromatic carbocycles. The fourth-order valence-electron chi connectivity index (χ4n) is 2.65. The van der Waals surface area contributed by atoms with Crippen LogP contribution in [0.25, 0.3) is 0 Å². The Labute approximate surface area is 122 Å². The monoisotopic (exact) mass is 291 g/mol. The highest BCUT2D eigenvalue weighted by Gasteiger charge is 2.56. The second-order valence-electron chi connectivity index (χ2n) is 4.94. The maximum atomic E-state index is 12.3. The minimum atomic E-state index is -1.99. The second-order valence-corrected chi connectivity index (χ2v) is 4.94. The summed E-state index contributed by atoms with van der Waals surface area (Å²) >= 11 is 0. The largest absolute Gasteiger partial charge is 0.479 e. The van der Waals surface area contributed by atoms with Crippen LogP contribution in [0.4, 0.5) is 0 Å². The van der Waals surface area contributed by atoms with Crippen molar-refractivity contribution in [3.8, 4) is 0 Å². The predicted octanol–water partition coefficient (Wildman–Crippen LogP) is 0.978. The number of hydrogen-bond donors (Lipinski definition) is 1. The number of carboxylic acid groups (broad SMARTS) is 1. The highest BCUT2D eigenvalue weighted by Crippen LogP contribution is 2.33. The number of benzene rings is 1. The lowest BCUT2D eigenvalue weighted by Gasteiger charge is -2.42. The van der Waals surface area contributed by atoms with Crippen LogP contribution in [0.3, 0.4) is 0 Å². The Kier molecular flexibility index (Phi) is 3.97. The Morgan fingerprint density at radius 1 is 1.29 bits per heavy atom. The predicted molar refractivity (Wildman–Crippen MR) is 73.4 cm³/mol. The zero-order chi connectivity index (χ0) is 15.6. The fraction of sp³-hybridized carbons (Fsp3) is 0.400. The van der Waals surface area contributed by atoms with Gasteiger partial charge in [0.15, 0.2) is 0 Å². The molecule has 0 unspecified atom stereocenters. The molecule has 0 saturated carbocycles. The van der Waals surface area contributed by atoms with E-state index >= 15 is 0 Å². The van der Waals surface area contributed by atoms with Crippen molar-refractivity contribution < 1.29 is 24.2 Å². The molecule has 6 heteroatoms. The number of hydrogen-bond acceptors (Lipinski definition) is 4. The molecule has 0 fully saturated rings. The third-order valence-electron chi connectivity index (χ3n) is 3.70. The standard InChI is InChI=1S/C15H17NO5/c1-3-21-14(20)15(13(18)19)8-11-6-4-5-7-12(11)9-16(15)10(2)17/h4-7H,3,8-9H2,1-2H3,(H,18,19)/t15-/m1/s1. The number of carbonyl (C=O) groups is 3. The number of rotatable bonds is 3. The Morgan fingerprint density at radius 2 is 1.90 bits per heavy atom. The number of ether oxygens (including phenoxy) is 1. The summed E-state index contributed by atoms with van der Waals surface area (Å²) in [6.07, 6.45) is -0.0864. The molecule has 1 heterocycles. The Balaban J connectivity index is 2.58. The van der Waals surface area contributed by atoms with E-state index in [1.54, 1.807) is 19.1 Å². The summed E-state index contributed by atoms with van der Waals surface area (Å²) in [6.45, 7) is 2.99. The van der Waals surface area contributed by atoms with Crippen LogP contribution in [0.5, 0.6) is 0 Å². The van der Waals surface area contributed by atoms with Crippen molar-refractivity contribution in [2.24, 2.45) is 0 Å². The third kappa shape index (κ3) is 2.37. The number of aliphatic carboxylic acids is 1. The van der Waals surface area contributed by atoms with Crippen LogP contribution in [-0.4, -0.2) is 40.0 Å². The molecule has 0 aliphatic carbocycles. The van der Waals surface area contributed by atoms with Crippen molar-refractivity contribution in [3.63, 3.8) is 0 Å². The second kappa shape index (κ2) is 5.55. The molecule has 1 N–H and O–H groups in total. The number of esters is 1. The van der Waals surface area contributed by atoms with Gasteiger partial charge >= 0.3 is 11.9 Å². The van der Waals surface area contributed by atoms with E-state index in [0.717, 1.165) is 16.0 Å². The average Bonchev–Trinajstić information content (AvgIpc) is 2.45. The highest BCUT2D eigenvalue weighted by molar-refractivity contribution is 6.07. The first-order valence-electron chi connectivity index (χ1n) is 6.69. The van der Waals surface area contributed by atoms with Crippen molar-refractivity contribution in [1.82, 2.24) is 4.90 Å². The summed E-state index contributed by atoms with van der Waals surface area (Å²) in [4.78, 5) is 37.1. The van der Waals surface area contributed by atoms with Crippen molar-refractivity contribution in [3.05, 3.63) is 35.4 Å². The number of nitrogens with zero attached hydrogens (tertiary/aromatic N) is 1. The van der Waals surface area contributed by atoms with E-state index in [9.17, 15) is 19.5 Å². The van der Waals surface area contributed by atoms with Gasteiger partial charge in [0.1, 0.15) is 0 Å². The van der Waals surface area contributed by atoms with E-state index in [2.05, 4.69) is 0 Å². The summed E-state index contributed by atoms with van der Waals surface area (Å²) in [7, 11) is 0. The van der Waals surface area contributed by atoms with Crippen molar-refractivity contribution in [2.45, 2.75) is 32.4 Å². The normalized spacial score (nSPS) is 20.6. The molecule has 1 amide bonds. The van der Waals surface area contributed by atoms with Crippen LogP contribution in [0.15, 0.2) is 24.3 Å². The number of carbonyl (C=O) groups excluding carboxylic acids is 2. The molecule has 1 aliphatic heterocycles. The average molecular weight is 291 g/mol. The van der Waals surface area contributed by atoms with E-state index in [1.807, 2.05) is 12.1 Å². The first-order chi connectivity index (χ1) is 9.93.